The first-order chi connectivity index (χ1) is 6.72. The van der Waals surface area contributed by atoms with Crippen molar-refractivity contribution in [2.75, 3.05) is 12.5 Å². The molecule has 1 rings (SSSR count). The second kappa shape index (κ2) is 5.24. The molecular weight excluding hydrogens is 204 g/mol. The average Bonchev–Trinajstić information content (AvgIpc) is 2.17. The van der Waals surface area contributed by atoms with Gasteiger partial charge in [-0.05, 0) is 18.2 Å². The van der Waals surface area contributed by atoms with Crippen LogP contribution in [0.2, 0.25) is 5.02 Å². The molecule has 0 aliphatic heterocycles. The number of rotatable bonds is 3. The summed E-state index contributed by atoms with van der Waals surface area (Å²) in [6, 6.07) is 6.99. The molecule has 5 heteroatoms. The summed E-state index contributed by atoms with van der Waals surface area (Å²) in [5, 5.41) is 4.25. The molecule has 0 saturated carbocycles. The lowest BCUT2D eigenvalue weighted by atomic mass is 10.3. The van der Waals surface area contributed by atoms with Gasteiger partial charge in [-0.3, -0.25) is 5.43 Å². The molecule has 4 nitrogen and oxygen atoms in total. The van der Waals surface area contributed by atoms with Crippen LogP contribution in [0.15, 0.2) is 29.4 Å². The van der Waals surface area contributed by atoms with Gasteiger partial charge in [0.25, 0.3) is 0 Å². The normalized spacial score (nSPS) is 10.1. The van der Waals surface area contributed by atoms with Gasteiger partial charge in [0, 0.05) is 5.02 Å². The number of halogens is 1. The van der Waals surface area contributed by atoms with E-state index in [0.29, 0.717) is 10.7 Å². The van der Waals surface area contributed by atoms with Crippen molar-refractivity contribution in [1.82, 2.24) is 0 Å². The molecular formula is C9H9ClN2O2. The highest BCUT2D eigenvalue weighted by atomic mass is 35.5. The number of nitrogens with zero attached hydrogens (tertiary/aromatic N) is 1. The number of anilines is 1. The van der Waals surface area contributed by atoms with Crippen LogP contribution in [0.4, 0.5) is 5.69 Å². The van der Waals surface area contributed by atoms with Gasteiger partial charge in [0.05, 0.1) is 12.8 Å². The topological polar surface area (TPSA) is 50.7 Å². The molecule has 0 heterocycles. The minimum absolute atomic E-state index is 0.514. The van der Waals surface area contributed by atoms with E-state index < -0.39 is 5.97 Å². The number of benzene rings is 1. The molecule has 0 fully saturated rings. The van der Waals surface area contributed by atoms with Crippen molar-refractivity contribution in [3.63, 3.8) is 0 Å². The third-order valence-electron chi connectivity index (χ3n) is 1.39. The van der Waals surface area contributed by atoms with Crippen molar-refractivity contribution < 1.29 is 9.53 Å². The van der Waals surface area contributed by atoms with Gasteiger partial charge in [0.2, 0.25) is 0 Å². The fourth-order valence-corrected chi connectivity index (χ4v) is 0.961. The maximum Gasteiger partial charge on any atom is 0.350 e. The molecule has 0 aliphatic carbocycles. The third kappa shape index (κ3) is 3.45. The highest BCUT2D eigenvalue weighted by Gasteiger charge is 1.93. The summed E-state index contributed by atoms with van der Waals surface area (Å²) in [4.78, 5) is 10.6. The maximum absolute atomic E-state index is 10.6. The first-order valence-electron chi connectivity index (χ1n) is 3.85. The van der Waals surface area contributed by atoms with Crippen LogP contribution in [-0.4, -0.2) is 19.3 Å². The van der Waals surface area contributed by atoms with Crippen LogP contribution in [0, 0.1) is 0 Å². The Bertz CT molecular complexity index is 352. The van der Waals surface area contributed by atoms with E-state index in [0.717, 1.165) is 6.21 Å². The van der Waals surface area contributed by atoms with Gasteiger partial charge >= 0.3 is 5.97 Å². The van der Waals surface area contributed by atoms with Crippen molar-refractivity contribution >= 4 is 29.5 Å². The molecule has 0 radical (unpaired) electrons. The van der Waals surface area contributed by atoms with Gasteiger partial charge in [-0.25, -0.2) is 4.79 Å². The number of hydrogen-bond donors (Lipinski definition) is 1. The number of esters is 1. The Balaban J connectivity index is 2.53. The van der Waals surface area contributed by atoms with E-state index in [-0.39, 0.29) is 0 Å². The molecule has 14 heavy (non-hydrogen) atoms. The number of carbonyl (C=O) groups is 1. The number of methoxy groups -OCH3 is 1. The molecule has 74 valence electrons. The number of hydrazone groups is 1. The fraction of sp³-hybridized carbons (Fsp3) is 0.111. The standard InChI is InChI=1S/C9H9ClN2O2/c1-14-9(13)6-11-12-8-4-2-3-7(10)5-8/h2-6,12H,1H3/b11-6+. The molecule has 0 amide bonds. The van der Waals surface area contributed by atoms with Crippen LogP contribution < -0.4 is 5.43 Å². The molecule has 0 unspecified atom stereocenters. The summed E-state index contributed by atoms with van der Waals surface area (Å²) in [5.74, 6) is -0.514. The summed E-state index contributed by atoms with van der Waals surface area (Å²) in [5.41, 5.74) is 3.34. The Morgan fingerprint density at radius 1 is 1.64 bits per heavy atom. The molecule has 0 atom stereocenters. The third-order valence-corrected chi connectivity index (χ3v) is 1.62. The lowest BCUT2D eigenvalue weighted by Crippen LogP contribution is -2.02. The second-order valence-corrected chi connectivity index (χ2v) is 2.84. The quantitative estimate of drug-likeness (QED) is 0.473. The molecule has 0 spiro atoms. The highest BCUT2D eigenvalue weighted by Crippen LogP contribution is 2.14. The number of hydrogen-bond acceptors (Lipinski definition) is 4. The lowest BCUT2D eigenvalue weighted by molar-refractivity contribution is -0.132. The van der Waals surface area contributed by atoms with Gasteiger partial charge in [-0.15, -0.1) is 0 Å². The molecule has 1 N–H and O–H groups in total. The predicted molar refractivity (Wildman–Crippen MR) is 55.6 cm³/mol. The van der Waals surface area contributed by atoms with E-state index in [4.69, 9.17) is 11.6 Å². The van der Waals surface area contributed by atoms with Gasteiger partial charge in [0.1, 0.15) is 6.21 Å². The van der Waals surface area contributed by atoms with E-state index in [1.54, 1.807) is 24.3 Å². The molecule has 0 aliphatic rings. The largest absolute Gasteiger partial charge is 0.465 e. The zero-order valence-corrected chi connectivity index (χ0v) is 8.28. The fourth-order valence-electron chi connectivity index (χ4n) is 0.770. The van der Waals surface area contributed by atoms with E-state index in [1.165, 1.54) is 7.11 Å². The Labute approximate surface area is 86.5 Å². The van der Waals surface area contributed by atoms with Crippen LogP contribution in [0.3, 0.4) is 0 Å². The summed E-state index contributed by atoms with van der Waals surface area (Å²) in [6.45, 7) is 0. The predicted octanol–water partition coefficient (Wildman–Crippen LogP) is 1.91. The van der Waals surface area contributed by atoms with Crippen molar-refractivity contribution in [2.45, 2.75) is 0 Å². The SMILES string of the molecule is COC(=O)/C=N/Nc1cccc(Cl)c1. The van der Waals surface area contributed by atoms with Gasteiger partial charge in [-0.2, -0.15) is 5.10 Å². The number of ether oxygens (including phenoxy) is 1. The van der Waals surface area contributed by atoms with E-state index >= 15 is 0 Å². The molecule has 1 aromatic rings. The molecule has 0 bridgehead atoms. The summed E-state index contributed by atoms with van der Waals surface area (Å²) in [7, 11) is 1.29. The van der Waals surface area contributed by atoms with Crippen LogP contribution >= 0.6 is 11.6 Å². The first-order valence-corrected chi connectivity index (χ1v) is 4.23. The van der Waals surface area contributed by atoms with Crippen LogP contribution in [0.1, 0.15) is 0 Å². The molecule has 0 saturated heterocycles. The summed E-state index contributed by atoms with van der Waals surface area (Å²) >= 11 is 5.73. The van der Waals surface area contributed by atoms with Crippen molar-refractivity contribution in [2.24, 2.45) is 5.10 Å². The lowest BCUT2D eigenvalue weighted by Gasteiger charge is -1.98. The Morgan fingerprint density at radius 3 is 3.07 bits per heavy atom. The highest BCUT2D eigenvalue weighted by molar-refractivity contribution is 6.30. The Kier molecular flexibility index (Phi) is 3.94. The second-order valence-electron chi connectivity index (χ2n) is 2.40. The zero-order valence-electron chi connectivity index (χ0n) is 7.53. The number of nitrogens with one attached hydrogen (secondary N) is 1. The van der Waals surface area contributed by atoms with Crippen LogP contribution in [0.25, 0.3) is 0 Å². The van der Waals surface area contributed by atoms with Crippen LogP contribution in [0.5, 0.6) is 0 Å². The Hall–Kier alpha value is -1.55. The van der Waals surface area contributed by atoms with Crippen LogP contribution in [-0.2, 0) is 9.53 Å². The van der Waals surface area contributed by atoms with Gasteiger partial charge < -0.3 is 4.74 Å². The molecule has 1 aromatic carbocycles. The zero-order chi connectivity index (χ0) is 10.4. The van der Waals surface area contributed by atoms with E-state index in [1.807, 2.05) is 0 Å². The average molecular weight is 213 g/mol. The van der Waals surface area contributed by atoms with E-state index in [9.17, 15) is 4.79 Å². The van der Waals surface area contributed by atoms with Gasteiger partial charge in [0.15, 0.2) is 0 Å². The monoisotopic (exact) mass is 212 g/mol. The van der Waals surface area contributed by atoms with Crippen molar-refractivity contribution in [1.29, 1.82) is 0 Å². The summed E-state index contributed by atoms with van der Waals surface area (Å²) in [6.07, 6.45) is 1.04. The smallest absolute Gasteiger partial charge is 0.350 e. The maximum atomic E-state index is 10.6. The Morgan fingerprint density at radius 2 is 2.43 bits per heavy atom. The first kappa shape index (κ1) is 10.5. The number of carbonyl (C=O) groups excluding carboxylic acids is 1. The minimum atomic E-state index is -0.514. The van der Waals surface area contributed by atoms with Crippen molar-refractivity contribution in [3.8, 4) is 0 Å². The van der Waals surface area contributed by atoms with E-state index in [2.05, 4.69) is 15.3 Å². The van der Waals surface area contributed by atoms with Crippen molar-refractivity contribution in [3.05, 3.63) is 29.3 Å². The summed E-state index contributed by atoms with van der Waals surface area (Å²) < 4.78 is 4.36. The van der Waals surface area contributed by atoms with Gasteiger partial charge in [-0.1, -0.05) is 17.7 Å². The minimum Gasteiger partial charge on any atom is -0.465 e. The molecule has 0 aromatic heterocycles.